The van der Waals surface area contributed by atoms with Gasteiger partial charge in [0.25, 0.3) is 0 Å². The first-order valence-electron chi connectivity index (χ1n) is 13.5. The highest BCUT2D eigenvalue weighted by molar-refractivity contribution is 6.69. The fourth-order valence-electron chi connectivity index (χ4n) is 5.60. The highest BCUT2D eigenvalue weighted by Crippen LogP contribution is 2.41. The molecule has 3 heterocycles. The van der Waals surface area contributed by atoms with Crippen LogP contribution in [0.5, 0.6) is 0 Å². The number of aliphatic imine (C=N–C) groups is 1. The van der Waals surface area contributed by atoms with E-state index in [4.69, 9.17) is 22.0 Å². The molecule has 2 atom stereocenters. The monoisotopic (exact) mass is 589 g/mol. The molecule has 11 heteroatoms. The second kappa shape index (κ2) is 11.2. The predicted molar refractivity (Wildman–Crippen MR) is 160 cm³/mol. The zero-order chi connectivity index (χ0) is 29.5. The number of halogens is 4. The van der Waals surface area contributed by atoms with Crippen molar-refractivity contribution in [3.05, 3.63) is 106 Å². The number of piperazine rings is 1. The molecular formula is C31H27ClF3N7. The molecule has 214 valence electrons. The van der Waals surface area contributed by atoms with Gasteiger partial charge in [-0.05, 0) is 67.8 Å². The highest BCUT2D eigenvalue weighted by Gasteiger charge is 2.28. The van der Waals surface area contributed by atoms with Crippen LogP contribution in [0.25, 0.3) is 11.1 Å². The Morgan fingerprint density at radius 3 is 2.50 bits per heavy atom. The smallest absolute Gasteiger partial charge is 0.227 e. The largest absolute Gasteiger partial charge is 0.353 e. The van der Waals surface area contributed by atoms with E-state index in [1.165, 1.54) is 36.5 Å². The molecule has 0 spiro atoms. The van der Waals surface area contributed by atoms with Crippen molar-refractivity contribution >= 4 is 45.4 Å². The maximum atomic E-state index is 14.9. The maximum Gasteiger partial charge on any atom is 0.227 e. The molecule has 6 rings (SSSR count). The number of hydrogen-bond acceptors (Lipinski definition) is 6. The van der Waals surface area contributed by atoms with Crippen molar-refractivity contribution in [1.82, 2.24) is 20.2 Å². The van der Waals surface area contributed by atoms with Crippen molar-refractivity contribution in [3.8, 4) is 0 Å². The second-order valence-electron chi connectivity index (χ2n) is 10.6. The summed E-state index contributed by atoms with van der Waals surface area (Å²) < 4.78 is 44.6. The lowest BCUT2D eigenvalue weighted by Gasteiger charge is -2.37. The Balaban J connectivity index is 1.31. The molecule has 0 amide bonds. The van der Waals surface area contributed by atoms with Gasteiger partial charge >= 0.3 is 0 Å². The average molecular weight is 590 g/mol. The van der Waals surface area contributed by atoms with Crippen LogP contribution in [0.3, 0.4) is 0 Å². The number of nitrogens with one attached hydrogen (secondary N) is 3. The molecule has 2 aliphatic heterocycles. The van der Waals surface area contributed by atoms with Crippen LogP contribution in [0.15, 0.2) is 71.5 Å². The first kappa shape index (κ1) is 27.9. The summed E-state index contributed by atoms with van der Waals surface area (Å²) >= 11 is 6.28. The molecule has 1 saturated heterocycles. The maximum absolute atomic E-state index is 14.9. The summed E-state index contributed by atoms with van der Waals surface area (Å²) in [6.07, 6.45) is 6.91. The van der Waals surface area contributed by atoms with Crippen LogP contribution in [0, 0.1) is 22.9 Å². The van der Waals surface area contributed by atoms with Crippen LogP contribution in [-0.2, 0) is 6.42 Å². The molecule has 1 aromatic heterocycles. The number of rotatable bonds is 4. The quantitative estimate of drug-likeness (QED) is 0.249. The topological polar surface area (TPSA) is 89.3 Å². The third kappa shape index (κ3) is 5.35. The third-order valence-corrected chi connectivity index (χ3v) is 7.60. The standard InChI is InChI=1S/C31H27ClF3N7/c1-16-14-42(15-17(2)39-16)30(36)22-10-19(7-9-24(22)33)40-31-38-12-18-6-8-20-21(28-25(34)4-3-5-26(28)35)11-27(32)37-13-23(20)29(18)41-31/h3-5,7-13,16-17,36,39H,6,14-15H2,1-2H3,(H,38,40,41). The van der Waals surface area contributed by atoms with Crippen molar-refractivity contribution in [2.45, 2.75) is 32.4 Å². The number of fused-ring (bicyclic) bond motifs is 3. The summed E-state index contributed by atoms with van der Waals surface area (Å²) in [5.41, 5.74) is 3.14. The van der Waals surface area contributed by atoms with Crippen LogP contribution in [-0.4, -0.2) is 51.0 Å². The molecule has 7 nitrogen and oxygen atoms in total. The number of benzene rings is 2. The Kier molecular flexibility index (Phi) is 7.42. The average Bonchev–Trinajstić information content (AvgIpc) is 3.12. The second-order valence-corrected chi connectivity index (χ2v) is 11.0. The molecule has 3 aromatic rings. The minimum absolute atomic E-state index is 0.0685. The predicted octanol–water partition coefficient (Wildman–Crippen LogP) is 6.20. The van der Waals surface area contributed by atoms with Crippen LogP contribution in [0.4, 0.5) is 24.8 Å². The fourth-order valence-corrected chi connectivity index (χ4v) is 5.76. The van der Waals surface area contributed by atoms with Crippen LogP contribution in [0.2, 0.25) is 0 Å². The summed E-state index contributed by atoms with van der Waals surface area (Å²) in [6.45, 7) is 5.26. The van der Waals surface area contributed by atoms with E-state index in [-0.39, 0.29) is 45.7 Å². The van der Waals surface area contributed by atoms with Gasteiger partial charge in [-0.1, -0.05) is 23.7 Å². The van der Waals surface area contributed by atoms with E-state index in [0.717, 1.165) is 5.56 Å². The normalized spacial score (nSPS) is 19.9. The number of aromatic nitrogens is 2. The molecular weight excluding hydrogens is 563 g/mol. The van der Waals surface area contributed by atoms with E-state index < -0.39 is 17.5 Å². The number of allylic oxidation sites excluding steroid dienone is 5. The molecule has 0 radical (unpaired) electrons. The van der Waals surface area contributed by atoms with Gasteiger partial charge < -0.3 is 15.5 Å². The molecule has 0 bridgehead atoms. The van der Waals surface area contributed by atoms with Crippen molar-refractivity contribution in [3.63, 3.8) is 0 Å². The number of hydrogen-bond donors (Lipinski definition) is 3. The zero-order valence-electron chi connectivity index (χ0n) is 22.9. The SMILES string of the molecule is CC1CN(C(=N)c2cc(Nc3ncc4c(n3)C3=CN=C(Cl)C=C(c5c(F)cccc5F)C3=CC4)ccc2F)CC(C)N1. The van der Waals surface area contributed by atoms with E-state index >= 15 is 0 Å². The fraction of sp³-hybridized carbons (Fsp3) is 0.226. The first-order valence-corrected chi connectivity index (χ1v) is 13.9. The Hall–Kier alpha value is -4.28. The van der Waals surface area contributed by atoms with Gasteiger partial charge in [0.1, 0.15) is 28.5 Å². The van der Waals surface area contributed by atoms with Gasteiger partial charge in [-0.25, -0.2) is 28.1 Å². The zero-order valence-corrected chi connectivity index (χ0v) is 23.6. The summed E-state index contributed by atoms with van der Waals surface area (Å²) in [5, 5.41) is 15.3. The molecule has 2 aromatic carbocycles. The van der Waals surface area contributed by atoms with Crippen LogP contribution in [0.1, 0.15) is 36.2 Å². The highest BCUT2D eigenvalue weighted by atomic mass is 35.5. The Morgan fingerprint density at radius 1 is 1.02 bits per heavy atom. The van der Waals surface area contributed by atoms with Gasteiger partial charge in [0.2, 0.25) is 5.95 Å². The van der Waals surface area contributed by atoms with Crippen LogP contribution >= 0.6 is 11.6 Å². The number of amidine groups is 1. The van der Waals surface area contributed by atoms with Gasteiger partial charge in [0.15, 0.2) is 0 Å². The summed E-state index contributed by atoms with van der Waals surface area (Å²) in [5.74, 6) is -1.59. The molecule has 3 aliphatic rings. The summed E-state index contributed by atoms with van der Waals surface area (Å²) in [4.78, 5) is 15.3. The first-order chi connectivity index (χ1) is 20.2. The Morgan fingerprint density at radius 2 is 1.76 bits per heavy atom. The molecule has 1 aliphatic carbocycles. The molecule has 3 N–H and O–H groups in total. The van der Waals surface area contributed by atoms with Gasteiger partial charge in [-0.15, -0.1) is 0 Å². The third-order valence-electron chi connectivity index (χ3n) is 7.39. The van der Waals surface area contributed by atoms with Crippen molar-refractivity contribution in [2.24, 2.45) is 4.99 Å². The molecule has 2 unspecified atom stereocenters. The van der Waals surface area contributed by atoms with Gasteiger partial charge in [-0.2, -0.15) is 0 Å². The molecule has 42 heavy (non-hydrogen) atoms. The van der Waals surface area contributed by atoms with Gasteiger partial charge in [0.05, 0.1) is 16.8 Å². The lowest BCUT2D eigenvalue weighted by molar-refractivity contribution is 0.254. The molecule has 0 saturated carbocycles. The van der Waals surface area contributed by atoms with E-state index in [1.807, 2.05) is 24.8 Å². The number of nitrogens with zero attached hydrogens (tertiary/aromatic N) is 4. The van der Waals surface area contributed by atoms with Crippen LogP contribution < -0.4 is 10.6 Å². The summed E-state index contributed by atoms with van der Waals surface area (Å²) in [7, 11) is 0. The van der Waals surface area contributed by atoms with E-state index in [9.17, 15) is 13.2 Å². The van der Waals surface area contributed by atoms with Crippen molar-refractivity contribution in [2.75, 3.05) is 18.4 Å². The number of anilines is 2. The minimum Gasteiger partial charge on any atom is -0.353 e. The lowest BCUT2D eigenvalue weighted by atomic mass is 9.84. The van der Waals surface area contributed by atoms with E-state index in [0.29, 0.717) is 42.0 Å². The molecule has 1 fully saturated rings. The Bertz CT molecular complexity index is 1700. The van der Waals surface area contributed by atoms with Gasteiger partial charge in [0, 0.05) is 54.4 Å². The van der Waals surface area contributed by atoms with Gasteiger partial charge in [-0.3, -0.25) is 5.41 Å². The van der Waals surface area contributed by atoms with Crippen molar-refractivity contribution < 1.29 is 13.2 Å². The van der Waals surface area contributed by atoms with E-state index in [1.54, 1.807) is 18.3 Å². The van der Waals surface area contributed by atoms with Crippen molar-refractivity contribution in [1.29, 1.82) is 5.41 Å². The van der Waals surface area contributed by atoms with E-state index in [2.05, 4.69) is 20.6 Å². The Labute approximate surface area is 246 Å². The summed E-state index contributed by atoms with van der Waals surface area (Å²) in [6, 6.07) is 8.47. The minimum atomic E-state index is -0.717. The lowest BCUT2D eigenvalue weighted by Crippen LogP contribution is -2.55.